The Bertz CT molecular complexity index is 1260. The van der Waals surface area contributed by atoms with E-state index in [0.717, 1.165) is 24.4 Å². The Balaban J connectivity index is 1.77. The molecule has 0 aliphatic rings. The van der Waals surface area contributed by atoms with Crippen molar-refractivity contribution in [3.63, 3.8) is 0 Å². The third-order valence-electron chi connectivity index (χ3n) is 4.08. The number of alkyl halides is 3. The van der Waals surface area contributed by atoms with Crippen LogP contribution in [0, 0.1) is 5.82 Å². The lowest BCUT2D eigenvalue weighted by Crippen LogP contribution is -2.19. The second-order valence-corrected chi connectivity index (χ2v) is 7.82. The number of hydrazone groups is 1. The van der Waals surface area contributed by atoms with Gasteiger partial charge in [-0.25, -0.2) is 9.82 Å². The van der Waals surface area contributed by atoms with E-state index < -0.39 is 38.5 Å². The highest BCUT2D eigenvalue weighted by Crippen LogP contribution is 2.30. The summed E-state index contributed by atoms with van der Waals surface area (Å²) >= 11 is 0. The van der Waals surface area contributed by atoms with E-state index in [4.69, 9.17) is 4.18 Å². The van der Waals surface area contributed by atoms with E-state index in [2.05, 4.69) is 10.5 Å². The van der Waals surface area contributed by atoms with Gasteiger partial charge in [-0.05, 0) is 48.5 Å². The zero-order chi connectivity index (χ0) is 23.4. The molecule has 6 nitrogen and oxygen atoms in total. The zero-order valence-corrected chi connectivity index (χ0v) is 16.8. The molecule has 0 heterocycles. The van der Waals surface area contributed by atoms with E-state index in [-0.39, 0.29) is 16.9 Å². The summed E-state index contributed by atoms with van der Waals surface area (Å²) in [6, 6.07) is 13.8. The second-order valence-electron chi connectivity index (χ2n) is 6.28. The van der Waals surface area contributed by atoms with Crippen molar-refractivity contribution in [3.8, 4) is 5.75 Å². The van der Waals surface area contributed by atoms with Crippen molar-refractivity contribution in [2.75, 3.05) is 0 Å². The van der Waals surface area contributed by atoms with Crippen LogP contribution >= 0.6 is 0 Å². The number of amides is 1. The number of rotatable bonds is 6. The Morgan fingerprint density at radius 1 is 0.938 bits per heavy atom. The van der Waals surface area contributed by atoms with Gasteiger partial charge in [-0.15, -0.1) is 0 Å². The lowest BCUT2D eigenvalue weighted by atomic mass is 10.2. The highest BCUT2D eigenvalue weighted by Gasteiger charge is 2.31. The van der Waals surface area contributed by atoms with E-state index in [1.165, 1.54) is 42.5 Å². The van der Waals surface area contributed by atoms with Crippen molar-refractivity contribution in [2.24, 2.45) is 5.10 Å². The number of carbonyl (C=O) groups is 1. The fourth-order valence-electron chi connectivity index (χ4n) is 2.51. The molecule has 3 aromatic rings. The molecule has 1 N–H and O–H groups in total. The van der Waals surface area contributed by atoms with Crippen molar-refractivity contribution >= 4 is 22.2 Å². The molecule has 0 aliphatic carbocycles. The minimum absolute atomic E-state index is 0.136. The van der Waals surface area contributed by atoms with Gasteiger partial charge < -0.3 is 4.18 Å². The van der Waals surface area contributed by atoms with Gasteiger partial charge in [0.25, 0.3) is 5.91 Å². The molecule has 1 amide bonds. The molecule has 0 radical (unpaired) electrons. The molecule has 0 aromatic heterocycles. The average molecular weight is 466 g/mol. The quantitative estimate of drug-likeness (QED) is 0.253. The number of halogens is 4. The molecule has 0 bridgehead atoms. The molecule has 0 spiro atoms. The SMILES string of the molecule is O=C(N/N=C/c1ccccc1OS(=O)(=O)c1ccc(C(F)(F)F)cc1)c1ccccc1F. The van der Waals surface area contributed by atoms with Gasteiger partial charge in [-0.3, -0.25) is 4.79 Å². The molecule has 0 saturated heterocycles. The summed E-state index contributed by atoms with van der Waals surface area (Å²) in [6.45, 7) is 0. The summed E-state index contributed by atoms with van der Waals surface area (Å²) in [6.07, 6.45) is -3.53. The van der Waals surface area contributed by atoms with Crippen LogP contribution in [0.15, 0.2) is 82.8 Å². The van der Waals surface area contributed by atoms with Crippen LogP contribution in [0.5, 0.6) is 5.75 Å². The van der Waals surface area contributed by atoms with Crippen molar-refractivity contribution in [1.29, 1.82) is 0 Å². The van der Waals surface area contributed by atoms with Crippen LogP contribution in [0.1, 0.15) is 21.5 Å². The van der Waals surface area contributed by atoms with Gasteiger partial charge in [0.1, 0.15) is 10.7 Å². The summed E-state index contributed by atoms with van der Waals surface area (Å²) in [4.78, 5) is 11.5. The van der Waals surface area contributed by atoms with E-state index in [1.807, 2.05) is 0 Å². The van der Waals surface area contributed by atoms with Crippen LogP contribution in [-0.4, -0.2) is 20.5 Å². The number of nitrogens with zero attached hydrogens (tertiary/aromatic N) is 1. The molecular formula is C21H14F4N2O4S. The Kier molecular flexibility index (Phi) is 6.58. The molecule has 11 heteroatoms. The van der Waals surface area contributed by atoms with Crippen LogP contribution < -0.4 is 9.61 Å². The van der Waals surface area contributed by atoms with E-state index >= 15 is 0 Å². The second kappa shape index (κ2) is 9.18. The third-order valence-corrected chi connectivity index (χ3v) is 5.33. The van der Waals surface area contributed by atoms with Gasteiger partial charge in [-0.1, -0.05) is 24.3 Å². The molecule has 32 heavy (non-hydrogen) atoms. The maximum absolute atomic E-state index is 13.6. The molecule has 166 valence electrons. The Morgan fingerprint density at radius 3 is 2.22 bits per heavy atom. The third kappa shape index (κ3) is 5.49. The first-order valence-electron chi connectivity index (χ1n) is 8.86. The average Bonchev–Trinajstić information content (AvgIpc) is 2.74. The maximum Gasteiger partial charge on any atom is 0.416 e. The topological polar surface area (TPSA) is 84.8 Å². The molecule has 0 atom stereocenters. The predicted octanol–water partition coefficient (Wildman–Crippen LogP) is 4.38. The summed E-state index contributed by atoms with van der Waals surface area (Å²) < 4.78 is 81.6. The number of para-hydroxylation sites is 1. The van der Waals surface area contributed by atoms with Gasteiger partial charge in [0.2, 0.25) is 0 Å². The van der Waals surface area contributed by atoms with Crippen molar-refractivity contribution < 1.29 is 35.0 Å². The van der Waals surface area contributed by atoms with Crippen molar-refractivity contribution in [1.82, 2.24) is 5.43 Å². The standard InChI is InChI=1S/C21H14F4N2O4S/c22-18-7-3-2-6-17(18)20(28)27-26-13-14-5-1-4-8-19(14)31-32(29,30)16-11-9-15(10-12-16)21(23,24)25/h1-13H,(H,27,28)/b26-13+. The molecule has 0 unspecified atom stereocenters. The fourth-order valence-corrected chi connectivity index (χ4v) is 3.46. The van der Waals surface area contributed by atoms with Gasteiger partial charge in [0, 0.05) is 5.56 Å². The van der Waals surface area contributed by atoms with E-state index in [9.17, 15) is 30.8 Å². The monoisotopic (exact) mass is 466 g/mol. The van der Waals surface area contributed by atoms with Gasteiger partial charge in [0.05, 0.1) is 17.3 Å². The number of nitrogens with one attached hydrogen (secondary N) is 1. The fraction of sp³-hybridized carbons (Fsp3) is 0.0476. The normalized spacial score (nSPS) is 12.0. The Hall–Kier alpha value is -3.73. The highest BCUT2D eigenvalue weighted by molar-refractivity contribution is 7.87. The van der Waals surface area contributed by atoms with E-state index in [1.54, 1.807) is 0 Å². The first-order valence-corrected chi connectivity index (χ1v) is 10.3. The van der Waals surface area contributed by atoms with Crippen molar-refractivity contribution in [3.05, 3.63) is 95.3 Å². The number of carbonyl (C=O) groups excluding carboxylic acids is 1. The summed E-state index contributed by atoms with van der Waals surface area (Å²) in [5.41, 5.74) is 1.00. The zero-order valence-electron chi connectivity index (χ0n) is 16.0. The van der Waals surface area contributed by atoms with Crippen LogP contribution in [-0.2, 0) is 16.3 Å². The minimum Gasteiger partial charge on any atom is -0.378 e. The number of benzene rings is 3. The van der Waals surface area contributed by atoms with E-state index in [0.29, 0.717) is 12.1 Å². The maximum atomic E-state index is 13.6. The summed E-state index contributed by atoms with van der Waals surface area (Å²) in [5.74, 6) is -1.75. The molecular weight excluding hydrogens is 452 g/mol. The van der Waals surface area contributed by atoms with Crippen LogP contribution in [0.4, 0.5) is 17.6 Å². The summed E-state index contributed by atoms with van der Waals surface area (Å²) in [5, 5.41) is 3.67. The summed E-state index contributed by atoms with van der Waals surface area (Å²) in [7, 11) is -4.45. The Morgan fingerprint density at radius 2 is 1.56 bits per heavy atom. The smallest absolute Gasteiger partial charge is 0.378 e. The molecule has 0 fully saturated rings. The Labute approximate surface area is 180 Å². The largest absolute Gasteiger partial charge is 0.416 e. The van der Waals surface area contributed by atoms with Gasteiger partial charge in [0.15, 0.2) is 5.75 Å². The lowest BCUT2D eigenvalue weighted by molar-refractivity contribution is -0.137. The molecule has 0 saturated carbocycles. The van der Waals surface area contributed by atoms with Gasteiger partial charge in [-0.2, -0.15) is 26.7 Å². The van der Waals surface area contributed by atoms with Crippen LogP contribution in [0.3, 0.4) is 0 Å². The first kappa shape index (κ1) is 22.9. The first-order chi connectivity index (χ1) is 15.1. The van der Waals surface area contributed by atoms with Gasteiger partial charge >= 0.3 is 16.3 Å². The predicted molar refractivity (Wildman–Crippen MR) is 107 cm³/mol. The van der Waals surface area contributed by atoms with Crippen molar-refractivity contribution in [2.45, 2.75) is 11.1 Å². The number of hydrogen-bond acceptors (Lipinski definition) is 5. The highest BCUT2D eigenvalue weighted by atomic mass is 32.2. The lowest BCUT2D eigenvalue weighted by Gasteiger charge is -2.11. The number of hydrogen-bond donors (Lipinski definition) is 1. The molecule has 0 aliphatic heterocycles. The molecule has 3 rings (SSSR count). The van der Waals surface area contributed by atoms with Crippen LogP contribution in [0.2, 0.25) is 0 Å². The van der Waals surface area contributed by atoms with Crippen LogP contribution in [0.25, 0.3) is 0 Å². The molecule has 3 aromatic carbocycles. The minimum atomic E-state index is -4.61.